The Morgan fingerprint density at radius 1 is 0.920 bits per heavy atom. The van der Waals surface area contributed by atoms with E-state index in [0.29, 0.717) is 5.92 Å². The molecule has 0 saturated carbocycles. The molecule has 2 aromatic carbocycles. The van der Waals surface area contributed by atoms with Gasteiger partial charge in [0.1, 0.15) is 0 Å². The normalized spacial score (nSPS) is 20.5. The van der Waals surface area contributed by atoms with Gasteiger partial charge in [0, 0.05) is 19.6 Å². The Morgan fingerprint density at radius 3 is 2.28 bits per heavy atom. The molecule has 0 radical (unpaired) electrons. The lowest BCUT2D eigenvalue weighted by atomic mass is 9.88. The molecule has 4 rings (SSSR count). The Morgan fingerprint density at radius 2 is 1.56 bits per heavy atom. The number of benzene rings is 2. The van der Waals surface area contributed by atoms with E-state index in [0.717, 1.165) is 38.9 Å². The van der Waals surface area contributed by atoms with Crippen LogP contribution in [0.1, 0.15) is 35.4 Å². The lowest BCUT2D eigenvalue weighted by Crippen LogP contribution is -2.51. The SMILES string of the molecule is Cl.O=C(C1Cc2ccccc2CN1)N1CCC(c2ccccc2)CC1. The zero-order valence-electron chi connectivity index (χ0n) is 14.4. The highest BCUT2D eigenvalue weighted by Crippen LogP contribution is 2.28. The van der Waals surface area contributed by atoms with E-state index in [1.54, 1.807) is 0 Å². The van der Waals surface area contributed by atoms with Crippen molar-refractivity contribution in [2.45, 2.75) is 37.8 Å². The number of piperidine rings is 1. The number of carbonyl (C=O) groups is 1. The van der Waals surface area contributed by atoms with Crippen LogP contribution in [0.15, 0.2) is 54.6 Å². The first-order chi connectivity index (χ1) is 11.8. The van der Waals surface area contributed by atoms with E-state index in [1.807, 2.05) is 0 Å². The number of likely N-dealkylation sites (tertiary alicyclic amines) is 1. The number of fused-ring (bicyclic) bond motifs is 1. The zero-order chi connectivity index (χ0) is 16.4. The highest BCUT2D eigenvalue weighted by molar-refractivity contribution is 5.85. The number of hydrogen-bond donors (Lipinski definition) is 1. The van der Waals surface area contributed by atoms with Gasteiger partial charge < -0.3 is 10.2 Å². The fraction of sp³-hybridized carbons (Fsp3) is 0.381. The minimum Gasteiger partial charge on any atom is -0.341 e. The molecule has 4 heteroatoms. The summed E-state index contributed by atoms with van der Waals surface area (Å²) in [5.74, 6) is 0.867. The van der Waals surface area contributed by atoms with Gasteiger partial charge in [0.2, 0.25) is 5.91 Å². The number of carbonyl (C=O) groups excluding carboxylic acids is 1. The van der Waals surface area contributed by atoms with Crippen molar-refractivity contribution in [3.05, 3.63) is 71.3 Å². The Kier molecular flexibility index (Phi) is 5.77. The first-order valence-electron chi connectivity index (χ1n) is 8.95. The lowest BCUT2D eigenvalue weighted by Gasteiger charge is -2.36. The molecule has 2 aliphatic heterocycles. The van der Waals surface area contributed by atoms with Gasteiger partial charge in [0.05, 0.1) is 6.04 Å². The molecule has 1 unspecified atom stereocenters. The summed E-state index contributed by atoms with van der Waals surface area (Å²) in [6.45, 7) is 2.55. The predicted octanol–water partition coefficient (Wildman–Crippen LogP) is 3.53. The fourth-order valence-corrected chi connectivity index (χ4v) is 4.01. The van der Waals surface area contributed by atoms with Crippen molar-refractivity contribution in [1.29, 1.82) is 0 Å². The first kappa shape index (κ1) is 18.0. The number of hydrogen-bond acceptors (Lipinski definition) is 2. The van der Waals surface area contributed by atoms with Crippen LogP contribution in [0.2, 0.25) is 0 Å². The highest BCUT2D eigenvalue weighted by Gasteiger charge is 2.30. The highest BCUT2D eigenvalue weighted by atomic mass is 35.5. The molecule has 1 atom stereocenters. The first-order valence-corrected chi connectivity index (χ1v) is 8.95. The third-order valence-electron chi connectivity index (χ3n) is 5.46. The van der Waals surface area contributed by atoms with Crippen LogP contribution in [0.25, 0.3) is 0 Å². The van der Waals surface area contributed by atoms with Gasteiger partial charge >= 0.3 is 0 Å². The maximum atomic E-state index is 12.9. The molecule has 0 spiro atoms. The third-order valence-corrected chi connectivity index (χ3v) is 5.46. The van der Waals surface area contributed by atoms with Gasteiger partial charge in [-0.15, -0.1) is 12.4 Å². The maximum absolute atomic E-state index is 12.9. The van der Waals surface area contributed by atoms with Crippen molar-refractivity contribution < 1.29 is 4.79 Å². The van der Waals surface area contributed by atoms with Gasteiger partial charge in [-0.2, -0.15) is 0 Å². The molecule has 2 aromatic rings. The number of nitrogens with zero attached hydrogens (tertiary/aromatic N) is 1. The molecule has 132 valence electrons. The quantitative estimate of drug-likeness (QED) is 0.892. The summed E-state index contributed by atoms with van der Waals surface area (Å²) in [6, 6.07) is 19.1. The van der Waals surface area contributed by atoms with E-state index in [2.05, 4.69) is 64.8 Å². The van der Waals surface area contributed by atoms with Crippen molar-refractivity contribution in [1.82, 2.24) is 10.2 Å². The predicted molar refractivity (Wildman–Crippen MR) is 103 cm³/mol. The lowest BCUT2D eigenvalue weighted by molar-refractivity contribution is -0.134. The van der Waals surface area contributed by atoms with E-state index in [-0.39, 0.29) is 24.4 Å². The average molecular weight is 357 g/mol. The minimum absolute atomic E-state index is 0. The van der Waals surface area contributed by atoms with Gasteiger partial charge in [-0.25, -0.2) is 0 Å². The van der Waals surface area contributed by atoms with Gasteiger partial charge in [0.25, 0.3) is 0 Å². The molecule has 2 aliphatic rings. The molecule has 1 fully saturated rings. The van der Waals surface area contributed by atoms with Crippen molar-refractivity contribution in [3.63, 3.8) is 0 Å². The summed E-state index contributed by atoms with van der Waals surface area (Å²) in [5, 5.41) is 3.42. The van der Waals surface area contributed by atoms with Crippen LogP contribution in [0, 0.1) is 0 Å². The van der Waals surface area contributed by atoms with Crippen LogP contribution in [0.3, 0.4) is 0 Å². The van der Waals surface area contributed by atoms with Crippen molar-refractivity contribution >= 4 is 18.3 Å². The van der Waals surface area contributed by atoms with E-state index in [1.165, 1.54) is 16.7 Å². The number of nitrogens with one attached hydrogen (secondary N) is 1. The van der Waals surface area contributed by atoms with E-state index >= 15 is 0 Å². The van der Waals surface area contributed by atoms with Crippen molar-refractivity contribution in [2.75, 3.05) is 13.1 Å². The molecular weight excluding hydrogens is 332 g/mol. The molecule has 2 heterocycles. The second-order valence-corrected chi connectivity index (χ2v) is 6.92. The molecule has 1 N–H and O–H groups in total. The van der Waals surface area contributed by atoms with Crippen molar-refractivity contribution in [3.8, 4) is 0 Å². The third kappa shape index (κ3) is 3.88. The van der Waals surface area contributed by atoms with Crippen LogP contribution in [0.4, 0.5) is 0 Å². The largest absolute Gasteiger partial charge is 0.341 e. The standard InChI is InChI=1S/C21H24N2O.ClH/c24-21(20-14-18-8-4-5-9-19(18)15-22-20)23-12-10-17(11-13-23)16-6-2-1-3-7-16;/h1-9,17,20,22H,10-15H2;1H. The smallest absolute Gasteiger partial charge is 0.240 e. The maximum Gasteiger partial charge on any atom is 0.240 e. The summed E-state index contributed by atoms with van der Waals surface area (Å²) in [6.07, 6.45) is 2.95. The number of rotatable bonds is 2. The molecular formula is C21H25ClN2O. The van der Waals surface area contributed by atoms with Crippen LogP contribution >= 0.6 is 12.4 Å². The summed E-state index contributed by atoms with van der Waals surface area (Å²) < 4.78 is 0. The molecule has 0 aromatic heterocycles. The summed E-state index contributed by atoms with van der Waals surface area (Å²) in [7, 11) is 0. The fourth-order valence-electron chi connectivity index (χ4n) is 4.01. The molecule has 0 bridgehead atoms. The average Bonchev–Trinajstić information content (AvgIpc) is 2.68. The van der Waals surface area contributed by atoms with E-state index in [9.17, 15) is 4.79 Å². The van der Waals surface area contributed by atoms with Crippen molar-refractivity contribution in [2.24, 2.45) is 0 Å². The Balaban J connectivity index is 0.00000182. The molecule has 25 heavy (non-hydrogen) atoms. The second-order valence-electron chi connectivity index (χ2n) is 6.92. The van der Waals surface area contributed by atoms with Gasteiger partial charge in [-0.3, -0.25) is 4.79 Å². The van der Waals surface area contributed by atoms with E-state index in [4.69, 9.17) is 0 Å². The molecule has 3 nitrogen and oxygen atoms in total. The van der Waals surface area contributed by atoms with Crippen LogP contribution in [-0.4, -0.2) is 29.9 Å². The van der Waals surface area contributed by atoms with E-state index < -0.39 is 0 Å². The van der Waals surface area contributed by atoms with Gasteiger partial charge in [0.15, 0.2) is 0 Å². The Bertz CT molecular complexity index is 711. The summed E-state index contributed by atoms with van der Waals surface area (Å²) in [4.78, 5) is 14.9. The van der Waals surface area contributed by atoms with Gasteiger partial charge in [-0.05, 0) is 41.9 Å². The zero-order valence-corrected chi connectivity index (χ0v) is 15.2. The van der Waals surface area contributed by atoms with Crippen LogP contribution in [-0.2, 0) is 17.8 Å². The minimum atomic E-state index is -0.0619. The number of halogens is 1. The molecule has 1 amide bonds. The Hall–Kier alpha value is -1.84. The van der Waals surface area contributed by atoms with Crippen LogP contribution < -0.4 is 5.32 Å². The van der Waals surface area contributed by atoms with Gasteiger partial charge in [-0.1, -0.05) is 54.6 Å². The second kappa shape index (κ2) is 8.03. The monoisotopic (exact) mass is 356 g/mol. The topological polar surface area (TPSA) is 32.3 Å². The summed E-state index contributed by atoms with van der Waals surface area (Å²) >= 11 is 0. The number of amides is 1. The van der Waals surface area contributed by atoms with Crippen LogP contribution in [0.5, 0.6) is 0 Å². The molecule has 0 aliphatic carbocycles. The summed E-state index contributed by atoms with van der Waals surface area (Å²) in [5.41, 5.74) is 4.05. The molecule has 1 saturated heterocycles. The Labute approximate surface area is 155 Å².